The molecule has 1 aromatic rings. The summed E-state index contributed by atoms with van der Waals surface area (Å²) in [4.78, 5) is 0. The molecule has 1 aromatic carbocycles. The number of rotatable bonds is 1. The lowest BCUT2D eigenvalue weighted by atomic mass is 10.2. The van der Waals surface area contributed by atoms with Gasteiger partial charge in [-0.05, 0) is 19.1 Å². The maximum absolute atomic E-state index is 4.90. The van der Waals surface area contributed by atoms with Gasteiger partial charge in [-0.2, -0.15) is 0 Å². The zero-order chi connectivity index (χ0) is 6.69. The van der Waals surface area contributed by atoms with E-state index in [1.165, 1.54) is 5.56 Å². The molecular formula is C8H8O. The molecule has 1 nitrogen and oxygen atoms in total. The van der Waals surface area contributed by atoms with E-state index < -0.39 is 0 Å². The highest BCUT2D eigenvalue weighted by Gasteiger charge is 1.86. The van der Waals surface area contributed by atoms with Gasteiger partial charge in [-0.1, -0.05) is 17.7 Å². The third-order valence-corrected chi connectivity index (χ3v) is 1.16. The largest absolute Gasteiger partial charge is 0.482 e. The SMILES string of the molecule is [CH]Oc1ccc(C)cc1. The van der Waals surface area contributed by atoms with Gasteiger partial charge in [-0.3, -0.25) is 0 Å². The predicted octanol–water partition coefficient (Wildman–Crippen LogP) is 2.04. The van der Waals surface area contributed by atoms with Crippen molar-refractivity contribution in [2.45, 2.75) is 6.92 Å². The molecule has 0 aromatic heterocycles. The second kappa shape index (κ2) is 2.53. The van der Waals surface area contributed by atoms with Crippen LogP contribution in [-0.2, 0) is 0 Å². The van der Waals surface area contributed by atoms with Gasteiger partial charge >= 0.3 is 0 Å². The van der Waals surface area contributed by atoms with Gasteiger partial charge in [-0.15, -0.1) is 0 Å². The van der Waals surface area contributed by atoms with Gasteiger partial charge in [-0.25, -0.2) is 0 Å². The van der Waals surface area contributed by atoms with Crippen LogP contribution in [0.4, 0.5) is 0 Å². The monoisotopic (exact) mass is 120 g/mol. The molecule has 0 heterocycles. The van der Waals surface area contributed by atoms with Crippen molar-refractivity contribution < 1.29 is 4.74 Å². The second-order valence-electron chi connectivity index (χ2n) is 1.93. The van der Waals surface area contributed by atoms with Crippen LogP contribution in [0.1, 0.15) is 5.56 Å². The lowest BCUT2D eigenvalue weighted by Crippen LogP contribution is -1.77. The van der Waals surface area contributed by atoms with Gasteiger partial charge < -0.3 is 4.74 Å². The predicted molar refractivity (Wildman–Crippen MR) is 36.1 cm³/mol. The summed E-state index contributed by atoms with van der Waals surface area (Å²) in [5, 5.41) is 0. The van der Waals surface area contributed by atoms with Crippen LogP contribution in [0.3, 0.4) is 0 Å². The highest BCUT2D eigenvalue weighted by Crippen LogP contribution is 2.09. The van der Waals surface area contributed by atoms with Gasteiger partial charge in [0.1, 0.15) is 5.75 Å². The summed E-state index contributed by atoms with van der Waals surface area (Å²) in [6.07, 6.45) is 0. The van der Waals surface area contributed by atoms with E-state index in [1.807, 2.05) is 31.2 Å². The Hall–Kier alpha value is -0.980. The fourth-order valence-corrected chi connectivity index (χ4v) is 0.617. The van der Waals surface area contributed by atoms with Crippen LogP contribution in [0.5, 0.6) is 5.75 Å². The van der Waals surface area contributed by atoms with Crippen molar-refractivity contribution in [1.29, 1.82) is 0 Å². The molecule has 0 spiro atoms. The van der Waals surface area contributed by atoms with Crippen LogP contribution in [-0.4, -0.2) is 0 Å². The Kier molecular flexibility index (Phi) is 1.73. The van der Waals surface area contributed by atoms with E-state index >= 15 is 0 Å². The first-order chi connectivity index (χ1) is 4.33. The standard InChI is InChI=1S/C8H8O/c1-7-3-5-8(9-2)6-4-7/h2-6H,1H3. The number of hydrogen-bond donors (Lipinski definition) is 0. The molecule has 0 bridgehead atoms. The molecule has 0 fully saturated rings. The first kappa shape index (κ1) is 6.14. The fourth-order valence-electron chi connectivity index (χ4n) is 0.617. The van der Waals surface area contributed by atoms with E-state index in [2.05, 4.69) is 4.74 Å². The molecule has 0 unspecified atom stereocenters. The minimum absolute atomic E-state index is 0.695. The molecule has 0 aliphatic rings. The van der Waals surface area contributed by atoms with Crippen molar-refractivity contribution in [2.24, 2.45) is 0 Å². The average Bonchev–Trinajstić information content (AvgIpc) is 1.90. The molecule has 0 atom stereocenters. The molecule has 1 rings (SSSR count). The Morgan fingerprint density at radius 1 is 1.22 bits per heavy atom. The summed E-state index contributed by atoms with van der Waals surface area (Å²) in [6.45, 7) is 2.01. The molecule has 0 aliphatic carbocycles. The molecule has 0 amide bonds. The lowest BCUT2D eigenvalue weighted by molar-refractivity contribution is 0.473. The Bertz CT molecular complexity index is 176. The summed E-state index contributed by atoms with van der Waals surface area (Å²) < 4.78 is 4.47. The van der Waals surface area contributed by atoms with Crippen LogP contribution in [0.25, 0.3) is 0 Å². The van der Waals surface area contributed by atoms with E-state index in [9.17, 15) is 0 Å². The minimum atomic E-state index is 0.695. The van der Waals surface area contributed by atoms with E-state index in [4.69, 9.17) is 7.11 Å². The van der Waals surface area contributed by atoms with Crippen LogP contribution in [0.2, 0.25) is 0 Å². The third kappa shape index (κ3) is 1.46. The van der Waals surface area contributed by atoms with Gasteiger partial charge in [0.05, 0.1) is 0 Å². The number of ether oxygens (including phenoxy) is 1. The topological polar surface area (TPSA) is 9.23 Å². The number of hydrogen-bond acceptors (Lipinski definition) is 1. The smallest absolute Gasteiger partial charge is 0.180 e. The van der Waals surface area contributed by atoms with Crippen molar-refractivity contribution in [2.75, 3.05) is 0 Å². The highest BCUT2D eigenvalue weighted by atomic mass is 16.5. The summed E-state index contributed by atoms with van der Waals surface area (Å²) in [6, 6.07) is 7.55. The van der Waals surface area contributed by atoms with Crippen molar-refractivity contribution in [3.63, 3.8) is 0 Å². The van der Waals surface area contributed by atoms with E-state index in [0.717, 1.165) is 0 Å². The molecule has 0 saturated carbocycles. The van der Waals surface area contributed by atoms with Crippen molar-refractivity contribution in [1.82, 2.24) is 0 Å². The number of aryl methyl sites for hydroxylation is 1. The molecule has 46 valence electrons. The van der Waals surface area contributed by atoms with E-state index in [0.29, 0.717) is 5.75 Å². The van der Waals surface area contributed by atoms with Crippen LogP contribution >= 0.6 is 0 Å². The minimum Gasteiger partial charge on any atom is -0.482 e. The quantitative estimate of drug-likeness (QED) is 0.551. The van der Waals surface area contributed by atoms with E-state index in [1.54, 1.807) is 0 Å². The Balaban J connectivity index is 2.88. The molecule has 0 saturated heterocycles. The molecule has 1 heteroatoms. The molecule has 0 aliphatic heterocycles. The highest BCUT2D eigenvalue weighted by molar-refractivity contribution is 5.26. The van der Waals surface area contributed by atoms with Gasteiger partial charge in [0.2, 0.25) is 0 Å². The van der Waals surface area contributed by atoms with Crippen LogP contribution < -0.4 is 4.74 Å². The average molecular weight is 120 g/mol. The summed E-state index contributed by atoms with van der Waals surface area (Å²) >= 11 is 0. The Morgan fingerprint density at radius 3 is 2.22 bits per heavy atom. The molecule has 2 radical (unpaired) electrons. The lowest BCUT2D eigenvalue weighted by Gasteiger charge is -1.96. The normalized spacial score (nSPS) is 9.11. The number of benzene rings is 1. The van der Waals surface area contributed by atoms with E-state index in [-0.39, 0.29) is 0 Å². The zero-order valence-electron chi connectivity index (χ0n) is 5.29. The van der Waals surface area contributed by atoms with Crippen LogP contribution in [0, 0.1) is 14.0 Å². The second-order valence-corrected chi connectivity index (χ2v) is 1.93. The van der Waals surface area contributed by atoms with Crippen molar-refractivity contribution in [3.05, 3.63) is 36.9 Å². The maximum Gasteiger partial charge on any atom is 0.180 e. The van der Waals surface area contributed by atoms with Gasteiger partial charge in [0.25, 0.3) is 0 Å². The van der Waals surface area contributed by atoms with Crippen LogP contribution in [0.15, 0.2) is 24.3 Å². The zero-order valence-corrected chi connectivity index (χ0v) is 5.29. The van der Waals surface area contributed by atoms with Crippen molar-refractivity contribution >= 4 is 0 Å². The first-order valence-electron chi connectivity index (χ1n) is 2.76. The third-order valence-electron chi connectivity index (χ3n) is 1.16. The summed E-state index contributed by atoms with van der Waals surface area (Å²) in [7, 11) is 4.90. The Morgan fingerprint density at radius 2 is 1.78 bits per heavy atom. The van der Waals surface area contributed by atoms with Gasteiger partial charge in [0.15, 0.2) is 7.11 Å². The van der Waals surface area contributed by atoms with Crippen molar-refractivity contribution in [3.8, 4) is 5.75 Å². The molecular weight excluding hydrogens is 112 g/mol. The maximum atomic E-state index is 4.90. The fraction of sp³-hybridized carbons (Fsp3) is 0.125. The molecule has 9 heavy (non-hydrogen) atoms. The molecule has 0 N–H and O–H groups in total. The van der Waals surface area contributed by atoms with Gasteiger partial charge in [0, 0.05) is 0 Å². The summed E-state index contributed by atoms with van der Waals surface area (Å²) in [5.74, 6) is 0.695. The summed E-state index contributed by atoms with van der Waals surface area (Å²) in [5.41, 5.74) is 1.20. The Labute approximate surface area is 55.3 Å². The first-order valence-corrected chi connectivity index (χ1v) is 2.76.